The number of benzene rings is 1. The highest BCUT2D eigenvalue weighted by Gasteiger charge is 2.31. The Morgan fingerprint density at radius 2 is 1.75 bits per heavy atom. The van der Waals surface area contributed by atoms with Crippen molar-refractivity contribution in [3.8, 4) is 0 Å². The van der Waals surface area contributed by atoms with Crippen LogP contribution in [0.5, 0.6) is 0 Å². The maximum atomic E-state index is 11.9. The van der Waals surface area contributed by atoms with Gasteiger partial charge in [0.1, 0.15) is 12.7 Å². The van der Waals surface area contributed by atoms with Crippen LogP contribution in [0.2, 0.25) is 0 Å². The lowest BCUT2D eigenvalue weighted by Gasteiger charge is -2.34. The molecule has 0 bridgehead atoms. The summed E-state index contributed by atoms with van der Waals surface area (Å²) >= 11 is 0. The number of carbonyl (C=O) groups excluding carboxylic acids is 1. The Kier molecular flexibility index (Phi) is 7.28. The zero-order valence-electron chi connectivity index (χ0n) is 16.3. The van der Waals surface area contributed by atoms with Gasteiger partial charge in [-0.15, -0.1) is 0 Å². The number of amides is 1. The number of hydrogen-bond acceptors (Lipinski definition) is 7. The van der Waals surface area contributed by atoms with E-state index in [0.717, 1.165) is 51.9 Å². The normalized spacial score (nSPS) is 21.8. The zero-order chi connectivity index (χ0) is 20.0. The standard InChI is InChI=1S/C19H29N3O5S/c1-28(24,25)26-16-18-15-22(19(23)27-18)9-5-8-20-10-12-21(13-11-20)14-17-6-3-2-4-7-17/h2-4,6-7,18H,5,8-16H2,1H3. The van der Waals surface area contributed by atoms with Gasteiger partial charge in [-0.25, -0.2) is 4.79 Å². The average molecular weight is 412 g/mol. The highest BCUT2D eigenvalue weighted by Crippen LogP contribution is 2.14. The van der Waals surface area contributed by atoms with Crippen LogP contribution in [0.1, 0.15) is 12.0 Å². The molecule has 0 N–H and O–H groups in total. The molecular weight excluding hydrogens is 382 g/mol. The summed E-state index contributed by atoms with van der Waals surface area (Å²) in [5, 5.41) is 0. The Morgan fingerprint density at radius 3 is 2.43 bits per heavy atom. The van der Waals surface area contributed by atoms with Crippen molar-refractivity contribution in [3.63, 3.8) is 0 Å². The Balaban J connectivity index is 1.31. The van der Waals surface area contributed by atoms with Crippen molar-refractivity contribution in [2.45, 2.75) is 19.1 Å². The molecule has 0 aromatic heterocycles. The average Bonchev–Trinajstić information content (AvgIpc) is 3.02. The highest BCUT2D eigenvalue weighted by molar-refractivity contribution is 7.85. The first kappa shape index (κ1) is 21.0. The molecule has 8 nitrogen and oxygen atoms in total. The van der Waals surface area contributed by atoms with Gasteiger partial charge in [-0.3, -0.25) is 9.08 Å². The smallest absolute Gasteiger partial charge is 0.410 e. The van der Waals surface area contributed by atoms with Crippen LogP contribution in [0.15, 0.2) is 30.3 Å². The Hall–Kier alpha value is -1.68. The summed E-state index contributed by atoms with van der Waals surface area (Å²) in [7, 11) is -3.52. The molecule has 3 rings (SSSR count). The van der Waals surface area contributed by atoms with Crippen LogP contribution in [0.25, 0.3) is 0 Å². The van der Waals surface area contributed by atoms with E-state index in [9.17, 15) is 13.2 Å². The molecule has 2 fully saturated rings. The second kappa shape index (κ2) is 9.69. The molecule has 2 aliphatic heterocycles. The molecule has 0 spiro atoms. The summed E-state index contributed by atoms with van der Waals surface area (Å²) in [4.78, 5) is 18.4. The third kappa shape index (κ3) is 6.73. The van der Waals surface area contributed by atoms with Gasteiger partial charge in [-0.1, -0.05) is 30.3 Å². The monoisotopic (exact) mass is 411 g/mol. The van der Waals surface area contributed by atoms with Crippen molar-refractivity contribution in [1.29, 1.82) is 0 Å². The van der Waals surface area contributed by atoms with Gasteiger partial charge in [0.25, 0.3) is 10.1 Å². The van der Waals surface area contributed by atoms with Crippen LogP contribution in [0.4, 0.5) is 4.79 Å². The topological polar surface area (TPSA) is 79.4 Å². The molecule has 2 aliphatic rings. The van der Waals surface area contributed by atoms with Gasteiger partial charge in [0.15, 0.2) is 0 Å². The number of piperazine rings is 1. The molecule has 1 amide bonds. The van der Waals surface area contributed by atoms with Gasteiger partial charge in [-0.2, -0.15) is 8.42 Å². The van der Waals surface area contributed by atoms with Gasteiger partial charge >= 0.3 is 6.09 Å². The molecule has 1 aromatic carbocycles. The Morgan fingerprint density at radius 1 is 1.07 bits per heavy atom. The van der Waals surface area contributed by atoms with Gasteiger partial charge in [0.2, 0.25) is 0 Å². The summed E-state index contributed by atoms with van der Waals surface area (Å²) < 4.78 is 32.0. The van der Waals surface area contributed by atoms with E-state index >= 15 is 0 Å². The van der Waals surface area contributed by atoms with Crippen molar-refractivity contribution in [3.05, 3.63) is 35.9 Å². The maximum absolute atomic E-state index is 11.9. The van der Waals surface area contributed by atoms with Crippen LogP contribution < -0.4 is 0 Å². The molecular formula is C19H29N3O5S. The first-order valence-corrected chi connectivity index (χ1v) is 11.5. The summed E-state index contributed by atoms with van der Waals surface area (Å²) in [6.45, 7) is 6.95. The van der Waals surface area contributed by atoms with E-state index in [0.29, 0.717) is 13.1 Å². The van der Waals surface area contributed by atoms with Crippen LogP contribution in [0, 0.1) is 0 Å². The minimum absolute atomic E-state index is 0.121. The van der Waals surface area contributed by atoms with E-state index in [1.807, 2.05) is 6.07 Å². The van der Waals surface area contributed by atoms with Gasteiger partial charge < -0.3 is 14.5 Å². The predicted octanol–water partition coefficient (Wildman–Crippen LogP) is 0.991. The highest BCUT2D eigenvalue weighted by atomic mass is 32.2. The van der Waals surface area contributed by atoms with Crippen molar-refractivity contribution in [1.82, 2.24) is 14.7 Å². The van der Waals surface area contributed by atoms with Crippen molar-refractivity contribution in [2.75, 3.05) is 58.7 Å². The second-order valence-corrected chi connectivity index (χ2v) is 9.04. The Bertz CT molecular complexity index is 735. The summed E-state index contributed by atoms with van der Waals surface area (Å²) in [6.07, 6.45) is 0.938. The van der Waals surface area contributed by atoms with E-state index in [4.69, 9.17) is 8.92 Å². The van der Waals surface area contributed by atoms with Gasteiger partial charge in [0.05, 0.1) is 12.8 Å². The predicted molar refractivity (Wildman–Crippen MR) is 105 cm³/mol. The molecule has 1 atom stereocenters. The molecule has 28 heavy (non-hydrogen) atoms. The fourth-order valence-electron chi connectivity index (χ4n) is 3.54. The van der Waals surface area contributed by atoms with Crippen LogP contribution in [0.3, 0.4) is 0 Å². The van der Waals surface area contributed by atoms with E-state index < -0.39 is 22.3 Å². The number of ether oxygens (including phenoxy) is 1. The third-order valence-corrected chi connectivity index (χ3v) is 5.60. The quantitative estimate of drug-likeness (QED) is 0.561. The lowest BCUT2D eigenvalue weighted by Crippen LogP contribution is -2.46. The summed E-state index contributed by atoms with van der Waals surface area (Å²) in [5.74, 6) is 0. The number of nitrogens with zero attached hydrogens (tertiary/aromatic N) is 3. The minimum Gasteiger partial charge on any atom is -0.442 e. The van der Waals surface area contributed by atoms with Crippen LogP contribution >= 0.6 is 0 Å². The lowest BCUT2D eigenvalue weighted by molar-refractivity contribution is 0.104. The van der Waals surface area contributed by atoms with E-state index in [2.05, 4.69) is 34.1 Å². The number of cyclic esters (lactones) is 1. The largest absolute Gasteiger partial charge is 0.442 e. The number of carbonyl (C=O) groups is 1. The summed E-state index contributed by atoms with van der Waals surface area (Å²) in [5.41, 5.74) is 1.35. The molecule has 2 heterocycles. The fraction of sp³-hybridized carbons (Fsp3) is 0.632. The van der Waals surface area contributed by atoms with Crippen molar-refractivity contribution >= 4 is 16.2 Å². The fourth-order valence-corrected chi connectivity index (χ4v) is 3.94. The van der Waals surface area contributed by atoms with Crippen molar-refractivity contribution < 1.29 is 22.1 Å². The lowest BCUT2D eigenvalue weighted by atomic mass is 10.2. The molecule has 1 aromatic rings. The first-order valence-electron chi connectivity index (χ1n) is 9.68. The van der Waals surface area contributed by atoms with Crippen LogP contribution in [-0.2, 0) is 25.6 Å². The molecule has 0 aliphatic carbocycles. The van der Waals surface area contributed by atoms with Gasteiger partial charge in [0, 0.05) is 39.3 Å². The van der Waals surface area contributed by atoms with Crippen LogP contribution in [-0.4, -0.2) is 94.0 Å². The number of hydrogen-bond donors (Lipinski definition) is 0. The molecule has 0 radical (unpaired) electrons. The SMILES string of the molecule is CS(=O)(=O)OCC1CN(CCCN2CCN(Cc3ccccc3)CC2)C(=O)O1. The maximum Gasteiger partial charge on any atom is 0.410 e. The first-order chi connectivity index (χ1) is 13.4. The minimum atomic E-state index is -3.52. The molecule has 1 unspecified atom stereocenters. The van der Waals surface area contributed by atoms with E-state index in [-0.39, 0.29) is 6.61 Å². The molecule has 0 saturated carbocycles. The zero-order valence-corrected chi connectivity index (χ0v) is 17.1. The Labute approximate surface area is 167 Å². The molecule has 156 valence electrons. The van der Waals surface area contributed by atoms with E-state index in [1.54, 1.807) is 4.90 Å². The second-order valence-electron chi connectivity index (χ2n) is 7.40. The van der Waals surface area contributed by atoms with Gasteiger partial charge in [-0.05, 0) is 18.5 Å². The summed E-state index contributed by atoms with van der Waals surface area (Å²) in [6, 6.07) is 10.5. The molecule has 2 saturated heterocycles. The molecule has 9 heteroatoms. The number of rotatable bonds is 9. The van der Waals surface area contributed by atoms with E-state index in [1.165, 1.54) is 5.56 Å². The van der Waals surface area contributed by atoms with Crippen molar-refractivity contribution in [2.24, 2.45) is 0 Å². The third-order valence-electron chi connectivity index (χ3n) is 5.03.